The van der Waals surface area contributed by atoms with Crippen LogP contribution in [0.3, 0.4) is 0 Å². The number of rotatable bonds is 23. The van der Waals surface area contributed by atoms with Gasteiger partial charge >= 0.3 is 5.97 Å². The monoisotopic (exact) mass is 735 g/mol. The lowest BCUT2D eigenvalue weighted by molar-refractivity contribution is -0.167. The molecule has 18 heteroatoms. The number of carbonyl (C=O) groups is 7. The fourth-order valence-electron chi connectivity index (χ4n) is 5.33. The lowest BCUT2D eigenvalue weighted by atomic mass is 9.88. The van der Waals surface area contributed by atoms with Crippen molar-refractivity contribution < 1.29 is 43.0 Å². The van der Waals surface area contributed by atoms with Crippen LogP contribution in [0.2, 0.25) is 0 Å². The maximum absolute atomic E-state index is 13.7. The molecule has 1 aromatic heterocycles. The first-order valence-corrected chi connectivity index (χ1v) is 17.9. The molecule has 52 heavy (non-hydrogen) atoms. The summed E-state index contributed by atoms with van der Waals surface area (Å²) in [6, 6.07) is -2.00. The van der Waals surface area contributed by atoms with E-state index in [9.17, 15) is 33.6 Å². The van der Waals surface area contributed by atoms with Crippen LogP contribution in [-0.4, -0.2) is 132 Å². The van der Waals surface area contributed by atoms with Crippen LogP contribution in [0.1, 0.15) is 79.3 Å². The molecule has 2 heterocycles. The topological polar surface area (TPSA) is 243 Å². The van der Waals surface area contributed by atoms with E-state index < -0.39 is 53.7 Å². The Bertz CT molecular complexity index is 1330. The van der Waals surface area contributed by atoms with Crippen LogP contribution in [0.25, 0.3) is 0 Å². The largest absolute Gasteiger partial charge is 0.451 e. The number of morpholine rings is 1. The molecule has 1 fully saturated rings. The molecule has 0 bridgehead atoms. The molecular formula is C34H57N9O9. The van der Waals surface area contributed by atoms with Gasteiger partial charge in [-0.15, -0.1) is 5.10 Å². The van der Waals surface area contributed by atoms with Gasteiger partial charge in [0.05, 0.1) is 51.0 Å². The number of amides is 5. The Labute approximate surface area is 305 Å². The maximum Gasteiger partial charge on any atom is 0.307 e. The van der Waals surface area contributed by atoms with E-state index in [0.717, 1.165) is 0 Å². The summed E-state index contributed by atoms with van der Waals surface area (Å²) >= 11 is 0. The zero-order valence-electron chi connectivity index (χ0n) is 31.3. The van der Waals surface area contributed by atoms with Crippen LogP contribution in [0, 0.1) is 11.8 Å². The highest BCUT2D eigenvalue weighted by Crippen LogP contribution is 2.22. The van der Waals surface area contributed by atoms with Crippen molar-refractivity contribution in [3.8, 4) is 0 Å². The van der Waals surface area contributed by atoms with Crippen molar-refractivity contribution in [2.24, 2.45) is 11.8 Å². The molecule has 0 unspecified atom stereocenters. The third-order valence-corrected chi connectivity index (χ3v) is 8.32. The maximum atomic E-state index is 13.7. The Balaban J connectivity index is 1.89. The number of nitrogens with one attached hydrogen (secondary N) is 6. The first-order chi connectivity index (χ1) is 24.6. The predicted molar refractivity (Wildman–Crippen MR) is 188 cm³/mol. The van der Waals surface area contributed by atoms with E-state index >= 15 is 0 Å². The van der Waals surface area contributed by atoms with Crippen molar-refractivity contribution in [2.45, 2.75) is 97.8 Å². The Morgan fingerprint density at radius 1 is 0.865 bits per heavy atom. The second-order valence-electron chi connectivity index (χ2n) is 13.9. The molecule has 0 radical (unpaired) electrons. The Kier molecular flexibility index (Phi) is 18.9. The van der Waals surface area contributed by atoms with Crippen LogP contribution in [0.5, 0.6) is 0 Å². The summed E-state index contributed by atoms with van der Waals surface area (Å²) in [5, 5.41) is 23.1. The summed E-state index contributed by atoms with van der Waals surface area (Å²) in [7, 11) is 0. The van der Waals surface area contributed by atoms with Crippen molar-refractivity contribution in [3.63, 3.8) is 0 Å². The number of H-pyrrole nitrogens is 1. The van der Waals surface area contributed by atoms with Gasteiger partial charge in [-0.3, -0.25) is 43.6 Å². The van der Waals surface area contributed by atoms with Crippen LogP contribution < -0.4 is 26.6 Å². The zero-order valence-corrected chi connectivity index (χ0v) is 31.3. The molecule has 1 saturated heterocycles. The molecular weight excluding hydrogens is 678 g/mol. The molecule has 18 nitrogen and oxygen atoms in total. The lowest BCUT2D eigenvalue weighted by Crippen LogP contribution is -2.55. The molecule has 5 amide bonds. The molecule has 3 atom stereocenters. The van der Waals surface area contributed by atoms with Crippen LogP contribution in [0.15, 0.2) is 6.20 Å². The Morgan fingerprint density at radius 3 is 2.08 bits per heavy atom. The third kappa shape index (κ3) is 16.7. The number of ketones is 1. The summed E-state index contributed by atoms with van der Waals surface area (Å²) in [6.45, 7) is 12.6. The molecule has 292 valence electrons. The van der Waals surface area contributed by atoms with Gasteiger partial charge in [0.15, 0.2) is 11.4 Å². The molecule has 0 saturated carbocycles. The molecule has 0 aromatic carbocycles. The van der Waals surface area contributed by atoms with Gasteiger partial charge in [0.1, 0.15) is 6.04 Å². The van der Waals surface area contributed by atoms with E-state index in [2.05, 4.69) is 42.0 Å². The Morgan fingerprint density at radius 2 is 1.48 bits per heavy atom. The van der Waals surface area contributed by atoms with Crippen molar-refractivity contribution in [1.29, 1.82) is 0 Å². The summed E-state index contributed by atoms with van der Waals surface area (Å²) in [5.74, 6) is -3.75. The molecule has 0 aliphatic carbocycles. The molecule has 6 N–H and O–H groups in total. The summed E-state index contributed by atoms with van der Waals surface area (Å²) in [5.41, 5.74) is -0.902. The second kappa shape index (κ2) is 22.5. The lowest BCUT2D eigenvalue weighted by Gasteiger charge is -2.32. The number of Topliss-reactive ketones (excluding diaryl/α,β-unsaturated/α-hetero) is 1. The van der Waals surface area contributed by atoms with E-state index in [4.69, 9.17) is 9.47 Å². The Hall–Kier alpha value is -4.45. The number of aromatic amines is 1. The van der Waals surface area contributed by atoms with E-state index in [-0.39, 0.29) is 68.8 Å². The van der Waals surface area contributed by atoms with Gasteiger partial charge in [0, 0.05) is 38.7 Å². The van der Waals surface area contributed by atoms with Crippen molar-refractivity contribution in [1.82, 2.24) is 46.9 Å². The summed E-state index contributed by atoms with van der Waals surface area (Å²) < 4.78 is 10.9. The zero-order chi connectivity index (χ0) is 38.7. The van der Waals surface area contributed by atoms with Crippen molar-refractivity contribution >= 4 is 41.3 Å². The van der Waals surface area contributed by atoms with E-state index in [1.165, 1.54) is 6.92 Å². The standard InChI is InChI=1S/C34H57N9O9/c1-7-34(6,52-31(48)9-8-27(44)35-11-10-24-18-38-42-41-24)32(49)25(16-22(2)3)39-29(46)20-37-33(50)26(17-23(4)5)40-28(45)19-36-30(47)21-43-12-14-51-15-13-43/h18,22-23,25-26H,7-17,19-21H2,1-6H3,(H,35,44)(H,36,47)(H,37,50)(H,39,46)(H,40,45)(H,38,41,42)/t25-,26-,34+/m0/s1. The quantitative estimate of drug-likeness (QED) is 0.0754. The van der Waals surface area contributed by atoms with Crippen LogP contribution in [-0.2, 0) is 49.5 Å². The van der Waals surface area contributed by atoms with Crippen LogP contribution >= 0.6 is 0 Å². The molecule has 0 spiro atoms. The van der Waals surface area contributed by atoms with E-state index in [1.54, 1.807) is 13.1 Å². The van der Waals surface area contributed by atoms with Gasteiger partial charge in [0.25, 0.3) is 0 Å². The van der Waals surface area contributed by atoms with Crippen molar-refractivity contribution in [2.75, 3.05) is 52.5 Å². The smallest absolute Gasteiger partial charge is 0.307 e. The number of carbonyl (C=O) groups excluding carboxylic acids is 7. The predicted octanol–water partition coefficient (Wildman–Crippen LogP) is -0.849. The highest BCUT2D eigenvalue weighted by molar-refractivity contribution is 5.97. The number of esters is 1. The fourth-order valence-corrected chi connectivity index (χ4v) is 5.33. The number of ether oxygens (including phenoxy) is 2. The average molecular weight is 736 g/mol. The number of aromatic nitrogens is 3. The highest BCUT2D eigenvalue weighted by atomic mass is 16.6. The highest BCUT2D eigenvalue weighted by Gasteiger charge is 2.41. The summed E-state index contributed by atoms with van der Waals surface area (Å²) in [6.07, 6.45) is 2.33. The fraction of sp³-hybridized carbons (Fsp3) is 0.735. The first kappa shape index (κ1) is 43.7. The van der Waals surface area contributed by atoms with E-state index in [0.29, 0.717) is 45.0 Å². The minimum atomic E-state index is -1.58. The molecule has 1 aliphatic rings. The van der Waals surface area contributed by atoms with Gasteiger partial charge in [-0.2, -0.15) is 0 Å². The molecule has 2 rings (SSSR count). The average Bonchev–Trinajstić information content (AvgIpc) is 3.61. The number of hydrogen-bond donors (Lipinski definition) is 6. The summed E-state index contributed by atoms with van der Waals surface area (Å²) in [4.78, 5) is 91.7. The number of nitrogens with zero attached hydrogens (tertiary/aromatic N) is 3. The van der Waals surface area contributed by atoms with Crippen molar-refractivity contribution in [3.05, 3.63) is 11.9 Å². The SMILES string of the molecule is CC[C@@](C)(OC(=O)CCC(=O)NCCc1c[nH]nn1)C(=O)[C@H](CC(C)C)NC(=O)CNC(=O)[C@H](CC(C)C)NC(=O)CNC(=O)CN1CCOCC1. The van der Waals surface area contributed by atoms with Gasteiger partial charge in [-0.25, -0.2) is 0 Å². The second-order valence-corrected chi connectivity index (χ2v) is 13.9. The minimum Gasteiger partial charge on any atom is -0.451 e. The molecule has 1 aromatic rings. The molecule has 1 aliphatic heterocycles. The van der Waals surface area contributed by atoms with Gasteiger partial charge < -0.3 is 36.1 Å². The number of hydrogen-bond acceptors (Lipinski definition) is 12. The van der Waals surface area contributed by atoms with E-state index in [1.807, 2.05) is 32.6 Å². The van der Waals surface area contributed by atoms with Gasteiger partial charge in [-0.05, 0) is 38.0 Å². The first-order valence-electron chi connectivity index (χ1n) is 17.9. The normalized spacial score (nSPS) is 15.5. The third-order valence-electron chi connectivity index (χ3n) is 8.32. The van der Waals surface area contributed by atoms with Gasteiger partial charge in [0.2, 0.25) is 29.5 Å². The minimum absolute atomic E-state index is 0.0165. The van der Waals surface area contributed by atoms with Gasteiger partial charge in [-0.1, -0.05) is 39.8 Å². The van der Waals surface area contributed by atoms with Crippen LogP contribution in [0.4, 0.5) is 0 Å².